The highest BCUT2D eigenvalue weighted by Crippen LogP contribution is 2.27. The molecule has 0 saturated carbocycles. The predicted molar refractivity (Wildman–Crippen MR) is 76.3 cm³/mol. The van der Waals surface area contributed by atoms with Crippen LogP contribution in [0.5, 0.6) is 0 Å². The average Bonchev–Trinajstić information content (AvgIpc) is 2.90. The van der Waals surface area contributed by atoms with Crippen molar-refractivity contribution >= 4 is 23.7 Å². The van der Waals surface area contributed by atoms with Crippen LogP contribution in [-0.4, -0.2) is 24.7 Å². The van der Waals surface area contributed by atoms with Gasteiger partial charge in [-0.05, 0) is 12.1 Å². The standard InChI is InChI=1S/C13H13FN2OS.ClH/c14-10-4-2-1-3-9(10)12-8-18-13(16-12)11-7-17-6-5-15-11;/h1-4,8,11,15H,5-7H2;1H. The average molecular weight is 301 g/mol. The van der Waals surface area contributed by atoms with Crippen LogP contribution < -0.4 is 5.32 Å². The number of nitrogens with one attached hydrogen (secondary N) is 1. The smallest absolute Gasteiger partial charge is 0.132 e. The maximum Gasteiger partial charge on any atom is 0.132 e. The van der Waals surface area contributed by atoms with E-state index >= 15 is 0 Å². The van der Waals surface area contributed by atoms with Crippen LogP contribution in [0.4, 0.5) is 4.39 Å². The molecule has 3 nitrogen and oxygen atoms in total. The van der Waals surface area contributed by atoms with Gasteiger partial charge >= 0.3 is 0 Å². The Balaban J connectivity index is 0.00000133. The molecule has 0 aliphatic carbocycles. The first-order chi connectivity index (χ1) is 8.84. The molecule has 2 aromatic rings. The Morgan fingerprint density at radius 3 is 2.95 bits per heavy atom. The summed E-state index contributed by atoms with van der Waals surface area (Å²) in [4.78, 5) is 4.50. The summed E-state index contributed by atoms with van der Waals surface area (Å²) in [5.41, 5.74) is 1.25. The number of hydrogen-bond donors (Lipinski definition) is 1. The Morgan fingerprint density at radius 1 is 1.37 bits per heavy atom. The second kappa shape index (κ2) is 6.43. The van der Waals surface area contributed by atoms with Crippen LogP contribution >= 0.6 is 23.7 Å². The fourth-order valence-electron chi connectivity index (χ4n) is 1.96. The van der Waals surface area contributed by atoms with Gasteiger partial charge in [0.05, 0.1) is 24.9 Å². The highest BCUT2D eigenvalue weighted by molar-refractivity contribution is 7.10. The van der Waals surface area contributed by atoms with E-state index < -0.39 is 0 Å². The molecule has 1 fully saturated rings. The summed E-state index contributed by atoms with van der Waals surface area (Å²) >= 11 is 1.54. The van der Waals surface area contributed by atoms with E-state index in [4.69, 9.17) is 4.74 Å². The van der Waals surface area contributed by atoms with Gasteiger partial charge in [-0.1, -0.05) is 12.1 Å². The second-order valence-corrected chi connectivity index (χ2v) is 5.02. The molecule has 0 spiro atoms. The van der Waals surface area contributed by atoms with E-state index in [-0.39, 0.29) is 24.3 Å². The SMILES string of the molecule is Cl.Fc1ccccc1-c1csc(C2COCCN2)n1. The molecule has 1 unspecified atom stereocenters. The van der Waals surface area contributed by atoms with Crippen LogP contribution in [0.2, 0.25) is 0 Å². The Hall–Kier alpha value is -1.01. The van der Waals surface area contributed by atoms with Crippen LogP contribution in [0.25, 0.3) is 11.3 Å². The van der Waals surface area contributed by atoms with Crippen molar-refractivity contribution in [3.05, 3.63) is 40.5 Å². The molecule has 1 aromatic heterocycles. The van der Waals surface area contributed by atoms with Gasteiger partial charge in [-0.15, -0.1) is 23.7 Å². The van der Waals surface area contributed by atoms with E-state index in [0.29, 0.717) is 17.9 Å². The van der Waals surface area contributed by atoms with E-state index in [0.717, 1.165) is 18.2 Å². The van der Waals surface area contributed by atoms with Gasteiger partial charge in [0.2, 0.25) is 0 Å². The van der Waals surface area contributed by atoms with Crippen molar-refractivity contribution in [2.24, 2.45) is 0 Å². The largest absolute Gasteiger partial charge is 0.378 e. The number of ether oxygens (including phenoxy) is 1. The third-order valence-electron chi connectivity index (χ3n) is 2.89. The summed E-state index contributed by atoms with van der Waals surface area (Å²) in [5.74, 6) is -0.234. The van der Waals surface area contributed by atoms with E-state index in [1.807, 2.05) is 11.4 Å². The lowest BCUT2D eigenvalue weighted by Crippen LogP contribution is -2.34. The van der Waals surface area contributed by atoms with Gasteiger partial charge in [0.15, 0.2) is 0 Å². The lowest BCUT2D eigenvalue weighted by Gasteiger charge is -2.21. The van der Waals surface area contributed by atoms with E-state index in [9.17, 15) is 4.39 Å². The Bertz CT molecular complexity index is 543. The van der Waals surface area contributed by atoms with Gasteiger partial charge in [-0.25, -0.2) is 9.37 Å². The summed E-state index contributed by atoms with van der Waals surface area (Å²) in [5, 5.41) is 6.19. The predicted octanol–water partition coefficient (Wildman–Crippen LogP) is 3.03. The summed E-state index contributed by atoms with van der Waals surface area (Å²) in [6.45, 7) is 2.20. The van der Waals surface area contributed by atoms with Gasteiger partial charge in [-0.2, -0.15) is 0 Å². The fourth-order valence-corrected chi connectivity index (χ4v) is 2.84. The van der Waals surface area contributed by atoms with Gasteiger partial charge in [-0.3, -0.25) is 0 Å². The molecule has 0 bridgehead atoms. The molecule has 6 heteroatoms. The van der Waals surface area contributed by atoms with E-state index in [2.05, 4.69) is 10.3 Å². The summed E-state index contributed by atoms with van der Waals surface area (Å²) < 4.78 is 19.1. The molecule has 1 aliphatic rings. The molecule has 1 aromatic carbocycles. The van der Waals surface area contributed by atoms with Crippen molar-refractivity contribution in [3.8, 4) is 11.3 Å². The zero-order valence-electron chi connectivity index (χ0n) is 10.1. The van der Waals surface area contributed by atoms with Crippen molar-refractivity contribution in [2.45, 2.75) is 6.04 Å². The molecule has 1 saturated heterocycles. The molecule has 1 aliphatic heterocycles. The lowest BCUT2D eigenvalue weighted by molar-refractivity contribution is 0.0768. The van der Waals surface area contributed by atoms with Crippen LogP contribution in [0, 0.1) is 5.82 Å². The first kappa shape index (κ1) is 14.4. The maximum absolute atomic E-state index is 13.7. The molecule has 0 amide bonds. The highest BCUT2D eigenvalue weighted by Gasteiger charge is 2.19. The third-order valence-corrected chi connectivity index (χ3v) is 3.85. The van der Waals surface area contributed by atoms with Crippen molar-refractivity contribution in [1.29, 1.82) is 0 Å². The molecular formula is C13H14ClFN2OS. The third kappa shape index (κ3) is 3.12. The van der Waals surface area contributed by atoms with Crippen LogP contribution in [0.15, 0.2) is 29.6 Å². The molecule has 2 heterocycles. The molecule has 3 rings (SSSR count). The van der Waals surface area contributed by atoms with Gasteiger partial charge in [0.25, 0.3) is 0 Å². The van der Waals surface area contributed by atoms with Gasteiger partial charge in [0, 0.05) is 17.5 Å². The lowest BCUT2D eigenvalue weighted by atomic mass is 10.1. The van der Waals surface area contributed by atoms with E-state index in [1.165, 1.54) is 17.4 Å². The Morgan fingerprint density at radius 2 is 2.21 bits per heavy atom. The fraction of sp³-hybridized carbons (Fsp3) is 0.308. The summed E-state index contributed by atoms with van der Waals surface area (Å²) in [7, 11) is 0. The molecule has 19 heavy (non-hydrogen) atoms. The summed E-state index contributed by atoms with van der Waals surface area (Å²) in [6, 6.07) is 6.83. The zero-order valence-corrected chi connectivity index (χ0v) is 11.8. The summed E-state index contributed by atoms with van der Waals surface area (Å²) in [6.07, 6.45) is 0. The van der Waals surface area contributed by atoms with Crippen LogP contribution in [-0.2, 0) is 4.74 Å². The zero-order chi connectivity index (χ0) is 12.4. The first-order valence-electron chi connectivity index (χ1n) is 5.86. The van der Waals surface area contributed by atoms with Gasteiger partial charge in [0.1, 0.15) is 10.8 Å². The minimum absolute atomic E-state index is 0. The van der Waals surface area contributed by atoms with E-state index in [1.54, 1.807) is 12.1 Å². The van der Waals surface area contributed by atoms with Crippen molar-refractivity contribution in [3.63, 3.8) is 0 Å². The molecule has 0 radical (unpaired) electrons. The Kier molecular flexibility index (Phi) is 4.87. The first-order valence-corrected chi connectivity index (χ1v) is 6.74. The van der Waals surface area contributed by atoms with Crippen LogP contribution in [0.1, 0.15) is 11.0 Å². The second-order valence-electron chi connectivity index (χ2n) is 4.13. The maximum atomic E-state index is 13.7. The number of hydrogen-bond acceptors (Lipinski definition) is 4. The minimum Gasteiger partial charge on any atom is -0.378 e. The minimum atomic E-state index is -0.234. The topological polar surface area (TPSA) is 34.1 Å². The molecule has 1 atom stereocenters. The van der Waals surface area contributed by atoms with Crippen LogP contribution in [0.3, 0.4) is 0 Å². The normalized spacial score (nSPS) is 18.9. The van der Waals surface area contributed by atoms with Crippen molar-refractivity contribution < 1.29 is 9.13 Å². The van der Waals surface area contributed by atoms with Gasteiger partial charge < -0.3 is 10.1 Å². The molecule has 102 valence electrons. The quantitative estimate of drug-likeness (QED) is 0.926. The number of benzene rings is 1. The monoisotopic (exact) mass is 300 g/mol. The number of thiazole rings is 1. The number of nitrogens with zero attached hydrogens (tertiary/aromatic N) is 1. The highest BCUT2D eigenvalue weighted by atomic mass is 35.5. The molecule has 1 N–H and O–H groups in total. The Labute approximate surface area is 121 Å². The van der Waals surface area contributed by atoms with Crippen molar-refractivity contribution in [2.75, 3.05) is 19.8 Å². The number of aromatic nitrogens is 1. The van der Waals surface area contributed by atoms with Crippen molar-refractivity contribution in [1.82, 2.24) is 10.3 Å². The number of rotatable bonds is 2. The number of halogens is 2. The molecular weight excluding hydrogens is 287 g/mol. The number of morpholine rings is 1.